The summed E-state index contributed by atoms with van der Waals surface area (Å²) in [6.45, 7) is 3.97. The lowest BCUT2D eigenvalue weighted by molar-refractivity contribution is 0.0953. The van der Waals surface area contributed by atoms with E-state index in [2.05, 4.69) is 28.9 Å². The highest BCUT2D eigenvalue weighted by Crippen LogP contribution is 2.30. The number of fused-ring (bicyclic) bond motifs is 4. The van der Waals surface area contributed by atoms with Crippen LogP contribution in [0.5, 0.6) is 0 Å². The van der Waals surface area contributed by atoms with E-state index in [9.17, 15) is 13.2 Å². The zero-order chi connectivity index (χ0) is 26.7. The third kappa shape index (κ3) is 4.91. The number of nitrogens with zero attached hydrogens (tertiary/aromatic N) is 2. The third-order valence-electron chi connectivity index (χ3n) is 7.22. The first-order chi connectivity index (χ1) is 18.4. The molecular weight excluding hydrogens is 494 g/mol. The number of rotatable bonds is 10. The van der Waals surface area contributed by atoms with Gasteiger partial charge in [-0.1, -0.05) is 61.0 Å². The number of sulfonamides is 1. The SMILES string of the molecule is CCn1c2ccccc2c2cc(C(=O)NCCCCCN(C)S(=O)(=O)c3cccc4ccccc34)ccc21. The molecule has 7 heteroatoms. The summed E-state index contributed by atoms with van der Waals surface area (Å²) in [5, 5.41) is 6.91. The van der Waals surface area contributed by atoms with Crippen molar-refractivity contribution in [1.29, 1.82) is 0 Å². The van der Waals surface area contributed by atoms with E-state index in [1.165, 1.54) is 9.82 Å². The van der Waals surface area contributed by atoms with Crippen molar-refractivity contribution in [3.8, 4) is 0 Å². The van der Waals surface area contributed by atoms with Crippen LogP contribution in [0.3, 0.4) is 0 Å². The van der Waals surface area contributed by atoms with E-state index in [0.717, 1.165) is 52.9 Å². The summed E-state index contributed by atoms with van der Waals surface area (Å²) in [7, 11) is -1.95. The van der Waals surface area contributed by atoms with Crippen molar-refractivity contribution in [1.82, 2.24) is 14.2 Å². The molecule has 1 amide bonds. The van der Waals surface area contributed by atoms with Crippen LogP contribution >= 0.6 is 0 Å². The fourth-order valence-corrected chi connectivity index (χ4v) is 6.60. The van der Waals surface area contributed by atoms with Crippen molar-refractivity contribution in [3.63, 3.8) is 0 Å². The Morgan fingerprint density at radius 1 is 0.816 bits per heavy atom. The van der Waals surface area contributed by atoms with Crippen LogP contribution in [0.15, 0.2) is 89.8 Å². The molecule has 0 saturated heterocycles. The second-order valence-electron chi connectivity index (χ2n) is 9.61. The molecule has 1 N–H and O–H groups in total. The van der Waals surface area contributed by atoms with E-state index in [4.69, 9.17) is 0 Å². The average Bonchev–Trinajstić information content (AvgIpc) is 3.27. The number of aromatic nitrogens is 1. The van der Waals surface area contributed by atoms with Gasteiger partial charge in [0, 0.05) is 59.4 Å². The van der Waals surface area contributed by atoms with Crippen molar-refractivity contribution in [3.05, 3.63) is 90.5 Å². The lowest BCUT2D eigenvalue weighted by Gasteiger charge is -2.18. The third-order valence-corrected chi connectivity index (χ3v) is 9.14. The molecule has 4 aromatic carbocycles. The molecule has 38 heavy (non-hydrogen) atoms. The molecule has 0 bridgehead atoms. The van der Waals surface area contributed by atoms with Gasteiger partial charge in [-0.05, 0) is 55.5 Å². The van der Waals surface area contributed by atoms with E-state index >= 15 is 0 Å². The van der Waals surface area contributed by atoms with Gasteiger partial charge in [0.15, 0.2) is 0 Å². The molecule has 0 atom stereocenters. The second kappa shape index (κ2) is 11.0. The Balaban J connectivity index is 1.14. The van der Waals surface area contributed by atoms with Gasteiger partial charge in [-0.3, -0.25) is 4.79 Å². The van der Waals surface area contributed by atoms with Crippen LogP contribution in [0.4, 0.5) is 0 Å². The second-order valence-corrected chi connectivity index (χ2v) is 11.6. The Labute approximate surface area is 223 Å². The molecule has 0 fully saturated rings. The molecule has 0 radical (unpaired) electrons. The normalized spacial score (nSPS) is 12.1. The first-order valence-electron chi connectivity index (χ1n) is 13.1. The number of amides is 1. The van der Waals surface area contributed by atoms with Crippen molar-refractivity contribution < 1.29 is 13.2 Å². The Hall–Kier alpha value is -3.68. The Bertz CT molecular complexity index is 1720. The maximum absolute atomic E-state index is 13.2. The number of unbranched alkanes of at least 4 members (excludes halogenated alkanes) is 2. The van der Waals surface area contributed by atoms with E-state index in [1.807, 2.05) is 60.7 Å². The van der Waals surface area contributed by atoms with E-state index in [1.54, 1.807) is 19.2 Å². The minimum atomic E-state index is -3.58. The summed E-state index contributed by atoms with van der Waals surface area (Å²) in [5.74, 6) is -0.0871. The van der Waals surface area contributed by atoms with Crippen LogP contribution in [0.2, 0.25) is 0 Å². The summed E-state index contributed by atoms with van der Waals surface area (Å²) < 4.78 is 30.0. The molecule has 5 rings (SSSR count). The van der Waals surface area contributed by atoms with E-state index < -0.39 is 10.0 Å². The topological polar surface area (TPSA) is 71.4 Å². The number of hydrogen-bond acceptors (Lipinski definition) is 3. The van der Waals surface area contributed by atoms with Gasteiger partial charge in [-0.2, -0.15) is 0 Å². The van der Waals surface area contributed by atoms with Crippen molar-refractivity contribution in [2.45, 2.75) is 37.6 Å². The highest BCUT2D eigenvalue weighted by Gasteiger charge is 2.22. The molecule has 1 heterocycles. The zero-order valence-electron chi connectivity index (χ0n) is 21.9. The quantitative estimate of drug-likeness (QED) is 0.220. The van der Waals surface area contributed by atoms with Crippen molar-refractivity contribution in [2.24, 2.45) is 0 Å². The summed E-state index contributed by atoms with van der Waals surface area (Å²) in [6, 6.07) is 27.1. The Morgan fingerprint density at radius 2 is 1.53 bits per heavy atom. The van der Waals surface area contributed by atoms with Gasteiger partial charge in [-0.25, -0.2) is 12.7 Å². The van der Waals surface area contributed by atoms with Gasteiger partial charge in [-0.15, -0.1) is 0 Å². The molecule has 0 aliphatic heterocycles. The van der Waals surface area contributed by atoms with Crippen molar-refractivity contribution >= 4 is 48.5 Å². The largest absolute Gasteiger partial charge is 0.352 e. The summed E-state index contributed by atoms with van der Waals surface area (Å²) in [5.41, 5.74) is 2.96. The number of carbonyl (C=O) groups excluding carboxylic acids is 1. The summed E-state index contributed by atoms with van der Waals surface area (Å²) in [6.07, 6.45) is 2.32. The number of carbonyl (C=O) groups is 1. The van der Waals surface area contributed by atoms with E-state index in [0.29, 0.717) is 23.5 Å². The monoisotopic (exact) mass is 527 g/mol. The molecule has 0 aliphatic rings. The number of nitrogens with one attached hydrogen (secondary N) is 1. The molecule has 5 aromatic rings. The van der Waals surface area contributed by atoms with Gasteiger partial charge >= 0.3 is 0 Å². The van der Waals surface area contributed by atoms with Crippen LogP contribution in [0.25, 0.3) is 32.6 Å². The molecule has 0 aliphatic carbocycles. The van der Waals surface area contributed by atoms with Crippen LogP contribution in [0, 0.1) is 0 Å². The van der Waals surface area contributed by atoms with Crippen LogP contribution in [-0.2, 0) is 16.6 Å². The smallest absolute Gasteiger partial charge is 0.251 e. The fraction of sp³-hybridized carbons (Fsp3) is 0.258. The van der Waals surface area contributed by atoms with E-state index in [-0.39, 0.29) is 5.91 Å². The summed E-state index contributed by atoms with van der Waals surface area (Å²) in [4.78, 5) is 13.2. The predicted molar refractivity (Wildman–Crippen MR) is 155 cm³/mol. The number of hydrogen-bond donors (Lipinski definition) is 1. The maximum Gasteiger partial charge on any atom is 0.251 e. The zero-order valence-corrected chi connectivity index (χ0v) is 22.7. The molecule has 0 saturated carbocycles. The predicted octanol–water partition coefficient (Wildman–Crippen LogP) is 6.19. The number of para-hydroxylation sites is 1. The van der Waals surface area contributed by atoms with Crippen LogP contribution < -0.4 is 5.32 Å². The minimum absolute atomic E-state index is 0.0871. The highest BCUT2D eigenvalue weighted by molar-refractivity contribution is 7.89. The maximum atomic E-state index is 13.2. The Morgan fingerprint density at radius 3 is 2.34 bits per heavy atom. The van der Waals surface area contributed by atoms with Crippen molar-refractivity contribution in [2.75, 3.05) is 20.1 Å². The van der Waals surface area contributed by atoms with Gasteiger partial charge in [0.25, 0.3) is 5.91 Å². The fourth-order valence-electron chi connectivity index (χ4n) is 5.18. The number of aryl methyl sites for hydroxylation is 1. The Kier molecular flexibility index (Phi) is 7.49. The lowest BCUT2D eigenvalue weighted by atomic mass is 10.1. The van der Waals surface area contributed by atoms with Gasteiger partial charge in [0.05, 0.1) is 4.90 Å². The molecular formula is C31H33N3O3S. The van der Waals surface area contributed by atoms with Gasteiger partial charge < -0.3 is 9.88 Å². The van der Waals surface area contributed by atoms with Gasteiger partial charge in [0.1, 0.15) is 0 Å². The molecule has 0 spiro atoms. The van der Waals surface area contributed by atoms with Crippen LogP contribution in [0.1, 0.15) is 36.5 Å². The van der Waals surface area contributed by atoms with Gasteiger partial charge in [0.2, 0.25) is 10.0 Å². The first-order valence-corrected chi connectivity index (χ1v) is 14.6. The molecule has 196 valence electrons. The average molecular weight is 528 g/mol. The standard InChI is InChI=1S/C31H33N3O3S/c1-3-34-28-16-8-7-15-26(28)27-22-24(18-19-29(27)34)31(35)32-20-9-4-10-21-33(2)38(36,37)30-17-11-13-23-12-5-6-14-25(23)30/h5-8,11-19,22H,3-4,9-10,20-21H2,1-2H3,(H,32,35). The lowest BCUT2D eigenvalue weighted by Crippen LogP contribution is -2.28. The molecule has 1 aromatic heterocycles. The minimum Gasteiger partial charge on any atom is -0.352 e. The highest BCUT2D eigenvalue weighted by atomic mass is 32.2. The first kappa shape index (κ1) is 25.9. The summed E-state index contributed by atoms with van der Waals surface area (Å²) >= 11 is 0. The molecule has 0 unspecified atom stereocenters. The molecule has 6 nitrogen and oxygen atoms in total. The number of benzene rings is 4. The van der Waals surface area contributed by atoms with Crippen LogP contribution in [-0.4, -0.2) is 43.3 Å².